The van der Waals surface area contributed by atoms with E-state index in [4.69, 9.17) is 14.2 Å². The van der Waals surface area contributed by atoms with Crippen LogP contribution >= 0.6 is 15.9 Å². The lowest BCUT2D eigenvalue weighted by molar-refractivity contribution is 0.0770. The Balaban J connectivity index is 2.09. The van der Waals surface area contributed by atoms with Crippen LogP contribution in [0.5, 0.6) is 11.5 Å². The van der Waals surface area contributed by atoms with Gasteiger partial charge >= 0.3 is 0 Å². The maximum atomic E-state index is 5.68. The molecule has 0 atom stereocenters. The first kappa shape index (κ1) is 17.3. The Kier molecular flexibility index (Phi) is 8.65. The zero-order chi connectivity index (χ0) is 14.8. The van der Waals surface area contributed by atoms with Crippen molar-refractivity contribution in [3.05, 3.63) is 22.7 Å². The first-order valence-corrected chi connectivity index (χ1v) is 7.71. The number of benzene rings is 1. The molecular formula is C15H24BrNO3. The summed E-state index contributed by atoms with van der Waals surface area (Å²) in [4.78, 5) is 0. The molecule has 0 aliphatic rings. The maximum absolute atomic E-state index is 5.68. The SMILES string of the molecule is COc1ccc(OCCNCCCOC(C)C)c(Br)c1. The van der Waals surface area contributed by atoms with Crippen LogP contribution in [-0.4, -0.2) is 39.5 Å². The molecular weight excluding hydrogens is 322 g/mol. The van der Waals surface area contributed by atoms with E-state index >= 15 is 0 Å². The van der Waals surface area contributed by atoms with Crippen LogP contribution in [0.15, 0.2) is 22.7 Å². The molecule has 0 amide bonds. The highest BCUT2D eigenvalue weighted by Crippen LogP contribution is 2.28. The average molecular weight is 346 g/mol. The Bertz CT molecular complexity index is 385. The van der Waals surface area contributed by atoms with Crippen molar-refractivity contribution in [1.29, 1.82) is 0 Å². The largest absolute Gasteiger partial charge is 0.497 e. The minimum Gasteiger partial charge on any atom is -0.497 e. The molecule has 0 aromatic heterocycles. The summed E-state index contributed by atoms with van der Waals surface area (Å²) in [6.45, 7) is 7.30. The number of hydrogen-bond acceptors (Lipinski definition) is 4. The van der Waals surface area contributed by atoms with E-state index in [1.54, 1.807) is 7.11 Å². The summed E-state index contributed by atoms with van der Waals surface area (Å²) in [5.74, 6) is 1.64. The van der Waals surface area contributed by atoms with Crippen molar-refractivity contribution in [2.75, 3.05) is 33.4 Å². The van der Waals surface area contributed by atoms with Crippen molar-refractivity contribution in [2.24, 2.45) is 0 Å². The van der Waals surface area contributed by atoms with Gasteiger partial charge in [0.05, 0.1) is 17.7 Å². The molecule has 1 aromatic carbocycles. The van der Waals surface area contributed by atoms with E-state index in [0.29, 0.717) is 12.7 Å². The third-order valence-electron chi connectivity index (χ3n) is 2.62. The van der Waals surface area contributed by atoms with E-state index in [-0.39, 0.29) is 0 Å². The van der Waals surface area contributed by atoms with E-state index in [1.807, 2.05) is 32.0 Å². The lowest BCUT2D eigenvalue weighted by atomic mass is 10.3. The van der Waals surface area contributed by atoms with Gasteiger partial charge in [-0.1, -0.05) is 0 Å². The number of methoxy groups -OCH3 is 1. The van der Waals surface area contributed by atoms with Crippen LogP contribution in [-0.2, 0) is 4.74 Å². The van der Waals surface area contributed by atoms with E-state index in [2.05, 4.69) is 21.2 Å². The highest BCUT2D eigenvalue weighted by atomic mass is 79.9. The summed E-state index contributed by atoms with van der Waals surface area (Å²) in [6, 6.07) is 5.68. The van der Waals surface area contributed by atoms with Gasteiger partial charge in [-0.15, -0.1) is 0 Å². The zero-order valence-electron chi connectivity index (χ0n) is 12.4. The lowest BCUT2D eigenvalue weighted by Crippen LogP contribution is -2.23. The number of halogens is 1. The van der Waals surface area contributed by atoms with Crippen LogP contribution in [0, 0.1) is 0 Å². The summed E-state index contributed by atoms with van der Waals surface area (Å²) >= 11 is 3.46. The van der Waals surface area contributed by atoms with Gasteiger partial charge in [-0.3, -0.25) is 0 Å². The normalized spacial score (nSPS) is 10.8. The highest BCUT2D eigenvalue weighted by molar-refractivity contribution is 9.10. The highest BCUT2D eigenvalue weighted by Gasteiger charge is 2.02. The first-order chi connectivity index (χ1) is 9.63. The third-order valence-corrected chi connectivity index (χ3v) is 3.24. The van der Waals surface area contributed by atoms with Gasteiger partial charge in [-0.25, -0.2) is 0 Å². The molecule has 0 spiro atoms. The number of ether oxygens (including phenoxy) is 3. The Morgan fingerprint density at radius 1 is 1.20 bits per heavy atom. The monoisotopic (exact) mass is 345 g/mol. The Morgan fingerprint density at radius 2 is 2.00 bits per heavy atom. The van der Waals surface area contributed by atoms with Crippen LogP contribution in [0.3, 0.4) is 0 Å². The van der Waals surface area contributed by atoms with Crippen LogP contribution in [0.25, 0.3) is 0 Å². The fraction of sp³-hybridized carbons (Fsp3) is 0.600. The van der Waals surface area contributed by atoms with E-state index in [0.717, 1.165) is 42.1 Å². The smallest absolute Gasteiger partial charge is 0.133 e. The minimum atomic E-state index is 0.311. The molecule has 4 nitrogen and oxygen atoms in total. The molecule has 0 saturated heterocycles. The van der Waals surface area contributed by atoms with Gasteiger partial charge < -0.3 is 19.5 Å². The molecule has 0 radical (unpaired) electrons. The molecule has 20 heavy (non-hydrogen) atoms. The number of nitrogens with one attached hydrogen (secondary N) is 1. The molecule has 1 rings (SSSR count). The predicted molar refractivity (Wildman–Crippen MR) is 84.8 cm³/mol. The standard InChI is InChI=1S/C15H24BrNO3/c1-12(2)19-9-4-7-17-8-10-20-15-6-5-13(18-3)11-14(15)16/h5-6,11-12,17H,4,7-10H2,1-3H3. The Morgan fingerprint density at radius 3 is 2.65 bits per heavy atom. The first-order valence-electron chi connectivity index (χ1n) is 6.92. The molecule has 0 aliphatic heterocycles. The van der Waals surface area contributed by atoms with Crippen molar-refractivity contribution < 1.29 is 14.2 Å². The fourth-order valence-electron chi connectivity index (χ4n) is 1.60. The molecule has 0 bridgehead atoms. The summed E-state index contributed by atoms with van der Waals surface area (Å²) in [5.41, 5.74) is 0. The molecule has 0 saturated carbocycles. The van der Waals surface area contributed by atoms with Gasteiger partial charge in [0.1, 0.15) is 18.1 Å². The van der Waals surface area contributed by atoms with Crippen LogP contribution < -0.4 is 14.8 Å². The van der Waals surface area contributed by atoms with Gasteiger partial charge in [-0.2, -0.15) is 0 Å². The summed E-state index contributed by atoms with van der Waals surface area (Å²) in [6.07, 6.45) is 1.33. The van der Waals surface area contributed by atoms with Crippen LogP contribution in [0.2, 0.25) is 0 Å². The molecule has 5 heteroatoms. The van der Waals surface area contributed by atoms with Gasteiger partial charge in [-0.05, 0) is 60.9 Å². The molecule has 1 aromatic rings. The third kappa shape index (κ3) is 7.12. The van der Waals surface area contributed by atoms with E-state index in [1.165, 1.54) is 0 Å². The van der Waals surface area contributed by atoms with Gasteiger partial charge in [0.15, 0.2) is 0 Å². The fourth-order valence-corrected chi connectivity index (χ4v) is 2.07. The quantitative estimate of drug-likeness (QED) is 0.661. The average Bonchev–Trinajstić information content (AvgIpc) is 2.42. The van der Waals surface area contributed by atoms with Crippen molar-refractivity contribution in [1.82, 2.24) is 5.32 Å². The van der Waals surface area contributed by atoms with Gasteiger partial charge in [0, 0.05) is 13.2 Å². The van der Waals surface area contributed by atoms with Crippen molar-refractivity contribution in [3.63, 3.8) is 0 Å². The Labute approximate surface area is 129 Å². The predicted octanol–water partition coefficient (Wildman–Crippen LogP) is 3.24. The van der Waals surface area contributed by atoms with Crippen LogP contribution in [0.4, 0.5) is 0 Å². The maximum Gasteiger partial charge on any atom is 0.133 e. The second kappa shape index (κ2) is 10.0. The minimum absolute atomic E-state index is 0.311. The zero-order valence-corrected chi connectivity index (χ0v) is 14.0. The molecule has 0 fully saturated rings. The number of rotatable bonds is 10. The van der Waals surface area contributed by atoms with E-state index < -0.39 is 0 Å². The molecule has 1 N–H and O–H groups in total. The summed E-state index contributed by atoms with van der Waals surface area (Å²) in [7, 11) is 1.65. The molecule has 114 valence electrons. The topological polar surface area (TPSA) is 39.7 Å². The second-order valence-electron chi connectivity index (χ2n) is 4.67. The van der Waals surface area contributed by atoms with Crippen LogP contribution in [0.1, 0.15) is 20.3 Å². The van der Waals surface area contributed by atoms with Gasteiger partial charge in [0.25, 0.3) is 0 Å². The van der Waals surface area contributed by atoms with E-state index in [9.17, 15) is 0 Å². The van der Waals surface area contributed by atoms with Crippen molar-refractivity contribution in [2.45, 2.75) is 26.4 Å². The molecule has 0 aliphatic carbocycles. The summed E-state index contributed by atoms with van der Waals surface area (Å²) in [5, 5.41) is 3.33. The lowest BCUT2D eigenvalue weighted by Gasteiger charge is -2.11. The second-order valence-corrected chi connectivity index (χ2v) is 5.52. The molecule has 0 heterocycles. The molecule has 0 unspecified atom stereocenters. The number of hydrogen-bond donors (Lipinski definition) is 1. The van der Waals surface area contributed by atoms with Gasteiger partial charge in [0.2, 0.25) is 0 Å². The van der Waals surface area contributed by atoms with Crippen molar-refractivity contribution in [3.8, 4) is 11.5 Å². The van der Waals surface area contributed by atoms with Crippen molar-refractivity contribution >= 4 is 15.9 Å². The Hall–Kier alpha value is -0.780. The summed E-state index contributed by atoms with van der Waals surface area (Å²) < 4.78 is 17.2.